The molecule has 0 radical (unpaired) electrons. The van der Waals surface area contributed by atoms with Crippen LogP contribution < -0.4 is 4.72 Å². The number of nitrogens with zero attached hydrogens (tertiary/aromatic N) is 3. The molecule has 3 rings (SSSR count). The first-order chi connectivity index (χ1) is 12.0. The van der Waals surface area contributed by atoms with Crippen molar-refractivity contribution >= 4 is 10.0 Å². The van der Waals surface area contributed by atoms with Crippen molar-refractivity contribution in [3.63, 3.8) is 0 Å². The zero-order chi connectivity index (χ0) is 17.9. The largest absolute Gasteiger partial charge is 0.379 e. The molecule has 0 bridgehead atoms. The normalized spacial score (nSPS) is 17.5. The van der Waals surface area contributed by atoms with Gasteiger partial charge in [0.15, 0.2) is 0 Å². The first-order valence-electron chi connectivity index (χ1n) is 8.34. The van der Waals surface area contributed by atoms with Crippen molar-refractivity contribution in [3.05, 3.63) is 47.8 Å². The van der Waals surface area contributed by atoms with Crippen molar-refractivity contribution in [2.24, 2.45) is 7.05 Å². The Kier molecular flexibility index (Phi) is 5.53. The smallest absolute Gasteiger partial charge is 0.244 e. The third kappa shape index (κ3) is 4.09. The van der Waals surface area contributed by atoms with E-state index < -0.39 is 10.0 Å². The third-order valence-electron chi connectivity index (χ3n) is 4.62. The average Bonchev–Trinajstić information content (AvgIpc) is 2.97. The van der Waals surface area contributed by atoms with E-state index in [-0.39, 0.29) is 10.9 Å². The molecular formula is C17H24N4O3S. The molecule has 0 aliphatic carbocycles. The Morgan fingerprint density at radius 3 is 2.52 bits per heavy atom. The van der Waals surface area contributed by atoms with E-state index in [2.05, 4.69) is 14.7 Å². The third-order valence-corrected chi connectivity index (χ3v) is 6.14. The van der Waals surface area contributed by atoms with Gasteiger partial charge >= 0.3 is 0 Å². The molecule has 2 heterocycles. The van der Waals surface area contributed by atoms with Gasteiger partial charge in [0, 0.05) is 32.7 Å². The summed E-state index contributed by atoms with van der Waals surface area (Å²) in [5.74, 6) is 0. The first kappa shape index (κ1) is 18.1. The summed E-state index contributed by atoms with van der Waals surface area (Å²) in [5, 5.41) is 4.03. The van der Waals surface area contributed by atoms with Crippen LogP contribution in [-0.4, -0.2) is 55.9 Å². The first-order valence-corrected chi connectivity index (χ1v) is 9.82. The minimum Gasteiger partial charge on any atom is -0.379 e. The lowest BCUT2D eigenvalue weighted by molar-refractivity contribution is 0.0172. The maximum Gasteiger partial charge on any atom is 0.244 e. The summed E-state index contributed by atoms with van der Waals surface area (Å²) in [7, 11) is -1.87. The van der Waals surface area contributed by atoms with Crippen LogP contribution in [0.25, 0.3) is 0 Å². The Labute approximate surface area is 148 Å². The minimum absolute atomic E-state index is 0.0307. The predicted octanol–water partition coefficient (Wildman–Crippen LogP) is 1.08. The van der Waals surface area contributed by atoms with Crippen molar-refractivity contribution in [3.8, 4) is 0 Å². The van der Waals surface area contributed by atoms with Gasteiger partial charge in [-0.1, -0.05) is 30.3 Å². The van der Waals surface area contributed by atoms with Gasteiger partial charge in [-0.05, 0) is 12.5 Å². The van der Waals surface area contributed by atoms with Crippen LogP contribution in [-0.2, 0) is 21.8 Å². The molecule has 8 heteroatoms. The monoisotopic (exact) mass is 364 g/mol. The summed E-state index contributed by atoms with van der Waals surface area (Å²) in [4.78, 5) is 2.49. The molecule has 136 valence electrons. The molecule has 0 saturated carbocycles. The highest BCUT2D eigenvalue weighted by Gasteiger charge is 2.26. The van der Waals surface area contributed by atoms with E-state index in [9.17, 15) is 8.42 Å². The number of nitrogens with one attached hydrogen (secondary N) is 1. The van der Waals surface area contributed by atoms with Gasteiger partial charge in [0.1, 0.15) is 4.90 Å². The van der Waals surface area contributed by atoms with Gasteiger partial charge in [0.2, 0.25) is 10.0 Å². The van der Waals surface area contributed by atoms with E-state index in [0.717, 1.165) is 18.7 Å². The SMILES string of the molecule is Cc1c(S(=O)(=O)NC[C@H](c2ccccc2)N2CCOCC2)cnn1C. The molecule has 1 aromatic heterocycles. The number of aromatic nitrogens is 2. The molecule has 7 nitrogen and oxygen atoms in total. The summed E-state index contributed by atoms with van der Waals surface area (Å²) in [6.07, 6.45) is 1.39. The molecule has 25 heavy (non-hydrogen) atoms. The van der Waals surface area contributed by atoms with Gasteiger partial charge in [-0.2, -0.15) is 5.10 Å². The maximum atomic E-state index is 12.7. The molecule has 1 fully saturated rings. The van der Waals surface area contributed by atoms with Gasteiger partial charge in [-0.25, -0.2) is 13.1 Å². The molecule has 0 spiro atoms. The van der Waals surface area contributed by atoms with Crippen LogP contribution in [0.1, 0.15) is 17.3 Å². The minimum atomic E-state index is -3.60. The second-order valence-electron chi connectivity index (χ2n) is 6.14. The summed E-state index contributed by atoms with van der Waals surface area (Å²) >= 11 is 0. The quantitative estimate of drug-likeness (QED) is 0.830. The number of rotatable bonds is 6. The van der Waals surface area contributed by atoms with Crippen LogP contribution in [0.4, 0.5) is 0 Å². The van der Waals surface area contributed by atoms with Gasteiger partial charge < -0.3 is 4.74 Å². The second kappa shape index (κ2) is 7.65. The number of morpholine rings is 1. The van der Waals surface area contributed by atoms with Crippen molar-refractivity contribution in [2.45, 2.75) is 17.9 Å². The van der Waals surface area contributed by atoms with Gasteiger partial charge in [-0.15, -0.1) is 0 Å². The highest BCUT2D eigenvalue weighted by molar-refractivity contribution is 7.89. The van der Waals surface area contributed by atoms with Crippen LogP contribution in [0.2, 0.25) is 0 Å². The predicted molar refractivity (Wildman–Crippen MR) is 94.7 cm³/mol. The lowest BCUT2D eigenvalue weighted by Gasteiger charge is -2.34. The summed E-state index contributed by atoms with van der Waals surface area (Å²) in [5.41, 5.74) is 1.71. The number of benzene rings is 1. The van der Waals surface area contributed by atoms with E-state index in [4.69, 9.17) is 4.74 Å². The number of sulfonamides is 1. The molecule has 2 aromatic rings. The van der Waals surface area contributed by atoms with Gasteiger partial charge in [-0.3, -0.25) is 9.58 Å². The lowest BCUT2D eigenvalue weighted by atomic mass is 10.1. The number of hydrogen-bond donors (Lipinski definition) is 1. The van der Waals surface area contributed by atoms with Crippen molar-refractivity contribution in [1.82, 2.24) is 19.4 Å². The molecule has 1 N–H and O–H groups in total. The second-order valence-corrected chi connectivity index (χ2v) is 7.88. The fourth-order valence-electron chi connectivity index (χ4n) is 3.03. The van der Waals surface area contributed by atoms with Gasteiger partial charge in [0.25, 0.3) is 0 Å². The maximum absolute atomic E-state index is 12.7. The molecular weight excluding hydrogens is 340 g/mol. The standard InChI is InChI=1S/C17H24N4O3S/c1-14-17(13-18-20(14)2)25(22,23)19-12-16(15-6-4-3-5-7-15)21-8-10-24-11-9-21/h3-7,13,16,19H,8-12H2,1-2H3/t16-/m1/s1. The van der Waals surface area contributed by atoms with Crippen LogP contribution in [0.15, 0.2) is 41.4 Å². The van der Waals surface area contributed by atoms with Crippen LogP contribution >= 0.6 is 0 Å². The number of hydrogen-bond acceptors (Lipinski definition) is 5. The van der Waals surface area contributed by atoms with E-state index in [1.54, 1.807) is 18.7 Å². The topological polar surface area (TPSA) is 76.5 Å². The van der Waals surface area contributed by atoms with Crippen molar-refractivity contribution in [2.75, 3.05) is 32.8 Å². The van der Waals surface area contributed by atoms with E-state index in [0.29, 0.717) is 25.5 Å². The summed E-state index contributed by atoms with van der Waals surface area (Å²) in [6, 6.07) is 9.94. The zero-order valence-electron chi connectivity index (χ0n) is 14.6. The Morgan fingerprint density at radius 1 is 1.24 bits per heavy atom. The average molecular weight is 364 g/mol. The summed E-state index contributed by atoms with van der Waals surface area (Å²) < 4.78 is 35.1. The molecule has 1 saturated heterocycles. The van der Waals surface area contributed by atoms with Crippen LogP contribution in [0.5, 0.6) is 0 Å². The molecule has 1 aliphatic rings. The number of ether oxygens (including phenoxy) is 1. The summed E-state index contributed by atoms with van der Waals surface area (Å²) in [6.45, 7) is 4.95. The highest BCUT2D eigenvalue weighted by atomic mass is 32.2. The fourth-order valence-corrected chi connectivity index (χ4v) is 4.27. The van der Waals surface area contributed by atoms with Crippen LogP contribution in [0.3, 0.4) is 0 Å². The Hall–Kier alpha value is -1.74. The van der Waals surface area contributed by atoms with Crippen molar-refractivity contribution in [1.29, 1.82) is 0 Å². The van der Waals surface area contributed by atoms with Crippen molar-refractivity contribution < 1.29 is 13.2 Å². The van der Waals surface area contributed by atoms with E-state index in [1.165, 1.54) is 6.20 Å². The number of aryl methyl sites for hydroxylation is 1. The highest BCUT2D eigenvalue weighted by Crippen LogP contribution is 2.22. The molecule has 0 amide bonds. The molecule has 1 aromatic carbocycles. The lowest BCUT2D eigenvalue weighted by Crippen LogP contribution is -2.43. The molecule has 1 aliphatic heterocycles. The molecule has 1 atom stereocenters. The fraction of sp³-hybridized carbons (Fsp3) is 0.471. The van der Waals surface area contributed by atoms with E-state index >= 15 is 0 Å². The zero-order valence-corrected chi connectivity index (χ0v) is 15.4. The Balaban J connectivity index is 1.79. The molecule has 0 unspecified atom stereocenters. The van der Waals surface area contributed by atoms with Crippen LogP contribution in [0, 0.1) is 6.92 Å². The van der Waals surface area contributed by atoms with E-state index in [1.807, 2.05) is 30.3 Å². The van der Waals surface area contributed by atoms with Gasteiger partial charge in [0.05, 0.1) is 25.1 Å². The Morgan fingerprint density at radius 2 is 1.92 bits per heavy atom. The Bertz CT molecular complexity index is 799.